The van der Waals surface area contributed by atoms with Crippen molar-refractivity contribution in [3.63, 3.8) is 0 Å². The molecule has 0 fully saturated rings. The molecule has 0 bridgehead atoms. The molecule has 0 saturated carbocycles. The fourth-order valence-corrected chi connectivity index (χ4v) is 2.52. The lowest BCUT2D eigenvalue weighted by molar-refractivity contribution is 0.0296. The van der Waals surface area contributed by atoms with Crippen LogP contribution >= 0.6 is 0 Å². The van der Waals surface area contributed by atoms with Gasteiger partial charge in [0.1, 0.15) is 0 Å². The second kappa shape index (κ2) is 4.81. The van der Waals surface area contributed by atoms with Crippen molar-refractivity contribution in [2.45, 2.75) is 18.8 Å². The van der Waals surface area contributed by atoms with Crippen LogP contribution in [0.15, 0.2) is 42.5 Å². The van der Waals surface area contributed by atoms with Crippen molar-refractivity contribution in [3.8, 4) is 0 Å². The summed E-state index contributed by atoms with van der Waals surface area (Å²) in [7, 11) is 0. The van der Waals surface area contributed by atoms with Crippen LogP contribution in [0.1, 0.15) is 24.3 Å². The van der Waals surface area contributed by atoms with E-state index in [1.54, 1.807) is 0 Å². The third kappa shape index (κ3) is 1.91. The fraction of sp³-hybridized carbons (Fsp3) is 0.429. The molecule has 2 N–H and O–H groups in total. The molecule has 1 aliphatic rings. The zero-order valence-corrected chi connectivity index (χ0v) is 9.34. The Morgan fingerprint density at radius 1 is 1.06 bits per heavy atom. The minimum Gasteiger partial charge on any atom is -0.396 e. The molecule has 1 atom stereocenters. The molecule has 2 nitrogen and oxygen atoms in total. The van der Waals surface area contributed by atoms with Gasteiger partial charge in [0, 0.05) is 5.41 Å². The molecule has 0 heterocycles. The topological polar surface area (TPSA) is 40.5 Å². The highest BCUT2D eigenvalue weighted by Crippen LogP contribution is 2.44. The first-order valence-corrected chi connectivity index (χ1v) is 5.74. The van der Waals surface area contributed by atoms with Crippen molar-refractivity contribution in [2.24, 2.45) is 5.41 Å². The van der Waals surface area contributed by atoms with E-state index in [9.17, 15) is 10.2 Å². The van der Waals surface area contributed by atoms with Crippen molar-refractivity contribution in [2.75, 3.05) is 13.2 Å². The zero-order valence-electron chi connectivity index (χ0n) is 9.34. The molecule has 1 unspecified atom stereocenters. The molecule has 1 aliphatic carbocycles. The Morgan fingerprint density at radius 2 is 1.75 bits per heavy atom. The predicted octanol–water partition coefficient (Wildman–Crippen LogP) is 2.09. The molecular formula is C14H18O2. The minimum atomic E-state index is -0.393. The Labute approximate surface area is 96.2 Å². The summed E-state index contributed by atoms with van der Waals surface area (Å²) in [5, 5.41) is 19.2. The maximum absolute atomic E-state index is 9.58. The van der Waals surface area contributed by atoms with Crippen molar-refractivity contribution in [3.05, 3.63) is 48.0 Å². The van der Waals surface area contributed by atoms with Gasteiger partial charge < -0.3 is 10.2 Å². The Kier molecular flexibility index (Phi) is 3.42. The van der Waals surface area contributed by atoms with Gasteiger partial charge in [-0.25, -0.2) is 0 Å². The van der Waals surface area contributed by atoms with Crippen LogP contribution in [0.4, 0.5) is 0 Å². The number of hydrogen-bond donors (Lipinski definition) is 2. The van der Waals surface area contributed by atoms with E-state index in [0.29, 0.717) is 0 Å². The van der Waals surface area contributed by atoms with Crippen LogP contribution in [0.2, 0.25) is 0 Å². The van der Waals surface area contributed by atoms with E-state index in [2.05, 4.69) is 24.3 Å². The largest absolute Gasteiger partial charge is 0.396 e. The predicted molar refractivity (Wildman–Crippen MR) is 64.2 cm³/mol. The van der Waals surface area contributed by atoms with Crippen LogP contribution < -0.4 is 0 Å². The average Bonchev–Trinajstić information content (AvgIpc) is 2.39. The van der Waals surface area contributed by atoms with Gasteiger partial charge in [0.05, 0.1) is 13.2 Å². The summed E-state index contributed by atoms with van der Waals surface area (Å²) in [5.41, 5.74) is 0.811. The molecule has 16 heavy (non-hydrogen) atoms. The van der Waals surface area contributed by atoms with Crippen LogP contribution in [0.3, 0.4) is 0 Å². The molecular weight excluding hydrogens is 200 g/mol. The van der Waals surface area contributed by atoms with E-state index in [0.717, 1.165) is 12.8 Å². The second-order valence-corrected chi connectivity index (χ2v) is 4.55. The maximum atomic E-state index is 9.58. The highest BCUT2D eigenvalue weighted by atomic mass is 16.3. The van der Waals surface area contributed by atoms with Crippen molar-refractivity contribution >= 4 is 0 Å². The zero-order chi connectivity index (χ0) is 11.4. The van der Waals surface area contributed by atoms with Gasteiger partial charge in [0.15, 0.2) is 0 Å². The molecule has 0 radical (unpaired) electrons. The summed E-state index contributed by atoms with van der Waals surface area (Å²) < 4.78 is 0. The van der Waals surface area contributed by atoms with Crippen LogP contribution in [0, 0.1) is 5.41 Å². The first-order chi connectivity index (χ1) is 7.82. The number of aliphatic hydroxyl groups is 2. The van der Waals surface area contributed by atoms with Gasteiger partial charge in [0.25, 0.3) is 0 Å². The van der Waals surface area contributed by atoms with Gasteiger partial charge in [-0.15, -0.1) is 0 Å². The molecule has 0 saturated heterocycles. The van der Waals surface area contributed by atoms with Crippen LogP contribution in [0.25, 0.3) is 0 Å². The third-order valence-electron chi connectivity index (χ3n) is 3.63. The van der Waals surface area contributed by atoms with Crippen LogP contribution in [-0.4, -0.2) is 23.4 Å². The van der Waals surface area contributed by atoms with Gasteiger partial charge in [-0.05, 0) is 24.3 Å². The Balaban J connectivity index is 2.34. The number of benzene rings is 1. The SMILES string of the molecule is OCC1(CO)CC=CCC1c1ccccc1. The Bertz CT molecular complexity index is 352. The number of rotatable bonds is 3. The number of allylic oxidation sites excluding steroid dienone is 2. The Morgan fingerprint density at radius 3 is 2.38 bits per heavy atom. The van der Waals surface area contributed by atoms with E-state index in [1.807, 2.05) is 18.2 Å². The molecule has 1 aromatic rings. The highest BCUT2D eigenvalue weighted by molar-refractivity contribution is 5.25. The molecule has 2 heteroatoms. The van der Waals surface area contributed by atoms with Crippen molar-refractivity contribution in [1.82, 2.24) is 0 Å². The van der Waals surface area contributed by atoms with Gasteiger partial charge in [-0.2, -0.15) is 0 Å². The van der Waals surface area contributed by atoms with Gasteiger partial charge in [0.2, 0.25) is 0 Å². The minimum absolute atomic E-state index is 0.0351. The molecule has 0 spiro atoms. The molecule has 0 aliphatic heterocycles. The number of hydrogen-bond acceptors (Lipinski definition) is 2. The summed E-state index contributed by atoms with van der Waals surface area (Å²) in [6.07, 6.45) is 5.85. The summed E-state index contributed by atoms with van der Waals surface area (Å²) in [5.74, 6) is 0.216. The molecule has 86 valence electrons. The van der Waals surface area contributed by atoms with E-state index in [-0.39, 0.29) is 19.1 Å². The average molecular weight is 218 g/mol. The van der Waals surface area contributed by atoms with Crippen LogP contribution in [-0.2, 0) is 0 Å². The second-order valence-electron chi connectivity index (χ2n) is 4.55. The van der Waals surface area contributed by atoms with E-state index >= 15 is 0 Å². The third-order valence-corrected chi connectivity index (χ3v) is 3.63. The smallest absolute Gasteiger partial charge is 0.0518 e. The van der Waals surface area contributed by atoms with Gasteiger partial charge in [-0.3, -0.25) is 0 Å². The monoisotopic (exact) mass is 218 g/mol. The molecule has 0 aromatic heterocycles. The first-order valence-electron chi connectivity index (χ1n) is 5.74. The number of aliphatic hydroxyl groups excluding tert-OH is 2. The first kappa shape index (κ1) is 11.4. The quantitative estimate of drug-likeness (QED) is 0.763. The summed E-state index contributed by atoms with van der Waals surface area (Å²) >= 11 is 0. The van der Waals surface area contributed by atoms with E-state index in [1.165, 1.54) is 5.56 Å². The normalized spacial score (nSPS) is 23.2. The lowest BCUT2D eigenvalue weighted by Gasteiger charge is -2.39. The van der Waals surface area contributed by atoms with E-state index < -0.39 is 5.41 Å². The summed E-state index contributed by atoms with van der Waals surface area (Å²) in [6, 6.07) is 10.1. The fourth-order valence-electron chi connectivity index (χ4n) is 2.52. The molecule has 2 rings (SSSR count). The van der Waals surface area contributed by atoms with Gasteiger partial charge in [-0.1, -0.05) is 42.5 Å². The lowest BCUT2D eigenvalue weighted by Crippen LogP contribution is -2.37. The summed E-state index contributed by atoms with van der Waals surface area (Å²) in [4.78, 5) is 0. The van der Waals surface area contributed by atoms with E-state index in [4.69, 9.17) is 0 Å². The van der Waals surface area contributed by atoms with Crippen molar-refractivity contribution < 1.29 is 10.2 Å². The van der Waals surface area contributed by atoms with Crippen LogP contribution in [0.5, 0.6) is 0 Å². The maximum Gasteiger partial charge on any atom is 0.0518 e. The molecule has 1 aromatic carbocycles. The highest BCUT2D eigenvalue weighted by Gasteiger charge is 2.38. The standard InChI is InChI=1S/C14H18O2/c15-10-14(11-16)9-5-4-8-13(14)12-6-2-1-3-7-12/h1-7,13,15-16H,8-11H2. The lowest BCUT2D eigenvalue weighted by atomic mass is 9.67. The Hall–Kier alpha value is -1.12. The van der Waals surface area contributed by atoms with Gasteiger partial charge >= 0.3 is 0 Å². The molecule has 0 amide bonds. The van der Waals surface area contributed by atoms with Crippen molar-refractivity contribution in [1.29, 1.82) is 0 Å². The summed E-state index contributed by atoms with van der Waals surface area (Å²) in [6.45, 7) is 0.0702.